The second kappa shape index (κ2) is 7.27. The Hall–Kier alpha value is -1.58. The lowest BCUT2D eigenvalue weighted by Crippen LogP contribution is -2.30. The van der Waals surface area contributed by atoms with Crippen LogP contribution in [0.5, 0.6) is 0 Å². The number of rotatable bonds is 5. The van der Waals surface area contributed by atoms with Crippen molar-refractivity contribution in [2.45, 2.75) is 52.0 Å². The second-order valence-corrected chi connectivity index (χ2v) is 5.42. The molecule has 4 heteroatoms. The molecular formula is C16H25N3O. The molecule has 0 saturated heterocycles. The molecule has 20 heavy (non-hydrogen) atoms. The number of anilines is 1. The van der Waals surface area contributed by atoms with Crippen molar-refractivity contribution in [3.05, 3.63) is 24.0 Å². The van der Waals surface area contributed by atoms with Gasteiger partial charge < -0.3 is 10.2 Å². The third-order valence-electron chi connectivity index (χ3n) is 4.01. The third kappa shape index (κ3) is 3.71. The molecule has 0 spiro atoms. The van der Waals surface area contributed by atoms with Crippen LogP contribution >= 0.6 is 0 Å². The zero-order chi connectivity index (χ0) is 14.4. The minimum Gasteiger partial charge on any atom is -0.381 e. The molecule has 1 heterocycles. The van der Waals surface area contributed by atoms with Gasteiger partial charge in [0, 0.05) is 31.5 Å². The molecule has 1 aromatic rings. The van der Waals surface area contributed by atoms with E-state index < -0.39 is 0 Å². The minimum atomic E-state index is 0.0646. The molecule has 1 fully saturated rings. The van der Waals surface area contributed by atoms with Crippen LogP contribution in [0.25, 0.3) is 0 Å². The normalized spacial score (nSPS) is 15.9. The summed E-state index contributed by atoms with van der Waals surface area (Å²) >= 11 is 0. The molecule has 2 rings (SSSR count). The van der Waals surface area contributed by atoms with Crippen molar-refractivity contribution in [1.82, 2.24) is 9.88 Å². The summed E-state index contributed by atoms with van der Waals surface area (Å²) in [6.45, 7) is 5.46. The number of carbonyl (C=O) groups is 1. The van der Waals surface area contributed by atoms with Crippen molar-refractivity contribution in [3.63, 3.8) is 0 Å². The van der Waals surface area contributed by atoms with Crippen LogP contribution < -0.4 is 5.32 Å². The Bertz CT molecular complexity index is 437. The molecule has 1 aliphatic carbocycles. The van der Waals surface area contributed by atoms with Gasteiger partial charge in [0.2, 0.25) is 0 Å². The van der Waals surface area contributed by atoms with Gasteiger partial charge in [-0.05, 0) is 32.8 Å². The van der Waals surface area contributed by atoms with Crippen molar-refractivity contribution in [2.24, 2.45) is 0 Å². The van der Waals surface area contributed by atoms with Crippen molar-refractivity contribution in [2.75, 3.05) is 18.4 Å². The first-order chi connectivity index (χ1) is 9.74. The van der Waals surface area contributed by atoms with E-state index in [1.165, 1.54) is 32.1 Å². The fourth-order valence-electron chi connectivity index (χ4n) is 2.81. The molecule has 1 saturated carbocycles. The van der Waals surface area contributed by atoms with Gasteiger partial charge in [0.25, 0.3) is 5.91 Å². The number of hydrogen-bond donors (Lipinski definition) is 1. The smallest absolute Gasteiger partial charge is 0.255 e. The van der Waals surface area contributed by atoms with Gasteiger partial charge in [-0.3, -0.25) is 9.78 Å². The van der Waals surface area contributed by atoms with Crippen LogP contribution in [0.4, 0.5) is 5.69 Å². The molecular weight excluding hydrogens is 250 g/mol. The number of nitrogens with one attached hydrogen (secondary N) is 1. The lowest BCUT2D eigenvalue weighted by atomic mass is 9.95. The summed E-state index contributed by atoms with van der Waals surface area (Å²) < 4.78 is 0. The minimum absolute atomic E-state index is 0.0646. The summed E-state index contributed by atoms with van der Waals surface area (Å²) in [5, 5.41) is 3.52. The highest BCUT2D eigenvalue weighted by atomic mass is 16.2. The highest BCUT2D eigenvalue weighted by Gasteiger charge is 2.16. The highest BCUT2D eigenvalue weighted by Crippen LogP contribution is 2.21. The van der Waals surface area contributed by atoms with Crippen molar-refractivity contribution < 1.29 is 4.79 Å². The van der Waals surface area contributed by atoms with Gasteiger partial charge in [-0.15, -0.1) is 0 Å². The fraction of sp³-hybridized carbons (Fsp3) is 0.625. The van der Waals surface area contributed by atoms with Gasteiger partial charge >= 0.3 is 0 Å². The van der Waals surface area contributed by atoms with Gasteiger partial charge in [-0.2, -0.15) is 0 Å². The van der Waals surface area contributed by atoms with E-state index in [4.69, 9.17) is 0 Å². The molecule has 0 atom stereocenters. The Kier molecular flexibility index (Phi) is 5.39. The predicted molar refractivity (Wildman–Crippen MR) is 82.0 cm³/mol. The standard InChI is InChI=1S/C16H25N3O/c1-3-19(4-2)16(20)13-10-15(12-17-11-13)18-14-8-6-5-7-9-14/h10-12,14,18H,3-9H2,1-2H3. The van der Waals surface area contributed by atoms with Gasteiger partial charge in [0.1, 0.15) is 0 Å². The van der Waals surface area contributed by atoms with Gasteiger partial charge in [-0.1, -0.05) is 19.3 Å². The van der Waals surface area contributed by atoms with E-state index in [0.29, 0.717) is 11.6 Å². The highest BCUT2D eigenvalue weighted by molar-refractivity contribution is 5.94. The van der Waals surface area contributed by atoms with Gasteiger partial charge in [-0.25, -0.2) is 0 Å². The molecule has 1 amide bonds. The molecule has 0 bridgehead atoms. The van der Waals surface area contributed by atoms with Crippen LogP contribution in [0.2, 0.25) is 0 Å². The fourth-order valence-corrected chi connectivity index (χ4v) is 2.81. The number of carbonyl (C=O) groups excluding carboxylic acids is 1. The second-order valence-electron chi connectivity index (χ2n) is 5.42. The summed E-state index contributed by atoms with van der Waals surface area (Å²) in [5.41, 5.74) is 1.64. The number of aromatic nitrogens is 1. The van der Waals surface area contributed by atoms with E-state index in [9.17, 15) is 4.79 Å². The average molecular weight is 275 g/mol. The maximum atomic E-state index is 12.3. The van der Waals surface area contributed by atoms with Crippen molar-refractivity contribution >= 4 is 11.6 Å². The molecule has 1 N–H and O–H groups in total. The van der Waals surface area contributed by atoms with E-state index in [0.717, 1.165) is 18.8 Å². The molecule has 0 unspecified atom stereocenters. The monoisotopic (exact) mass is 275 g/mol. The molecule has 0 aliphatic heterocycles. The van der Waals surface area contributed by atoms with Crippen LogP contribution in [0.3, 0.4) is 0 Å². The number of nitrogens with zero attached hydrogens (tertiary/aromatic N) is 2. The first-order valence-electron chi connectivity index (χ1n) is 7.75. The zero-order valence-electron chi connectivity index (χ0n) is 12.6. The van der Waals surface area contributed by atoms with Crippen LogP contribution in [0.1, 0.15) is 56.3 Å². The van der Waals surface area contributed by atoms with E-state index in [1.807, 2.05) is 31.0 Å². The van der Waals surface area contributed by atoms with Crippen LogP contribution in [0.15, 0.2) is 18.5 Å². The number of amides is 1. The summed E-state index contributed by atoms with van der Waals surface area (Å²) in [5.74, 6) is 0.0646. The Morgan fingerprint density at radius 3 is 2.60 bits per heavy atom. The summed E-state index contributed by atoms with van der Waals surface area (Å²) in [4.78, 5) is 18.3. The van der Waals surface area contributed by atoms with Crippen molar-refractivity contribution in [1.29, 1.82) is 0 Å². The van der Waals surface area contributed by atoms with Gasteiger partial charge in [0.05, 0.1) is 11.3 Å². The Morgan fingerprint density at radius 2 is 1.95 bits per heavy atom. The summed E-state index contributed by atoms with van der Waals surface area (Å²) in [6, 6.07) is 2.46. The SMILES string of the molecule is CCN(CC)C(=O)c1cncc(NC2CCCCC2)c1. The van der Waals surface area contributed by atoms with Crippen LogP contribution in [-0.2, 0) is 0 Å². The summed E-state index contributed by atoms with van der Waals surface area (Å²) in [7, 11) is 0. The van der Waals surface area contributed by atoms with E-state index in [2.05, 4.69) is 10.3 Å². The largest absolute Gasteiger partial charge is 0.381 e. The number of hydrogen-bond acceptors (Lipinski definition) is 3. The lowest BCUT2D eigenvalue weighted by molar-refractivity contribution is 0.0772. The Morgan fingerprint density at radius 1 is 1.25 bits per heavy atom. The Labute approximate surface area is 121 Å². The van der Waals surface area contributed by atoms with Crippen LogP contribution in [-0.4, -0.2) is 34.9 Å². The maximum Gasteiger partial charge on any atom is 0.255 e. The first-order valence-corrected chi connectivity index (χ1v) is 7.75. The maximum absolute atomic E-state index is 12.3. The van der Waals surface area contributed by atoms with Gasteiger partial charge in [0.15, 0.2) is 0 Å². The topological polar surface area (TPSA) is 45.2 Å². The first kappa shape index (κ1) is 14.8. The molecule has 1 aliphatic rings. The summed E-state index contributed by atoms with van der Waals surface area (Å²) in [6.07, 6.45) is 9.84. The quantitative estimate of drug-likeness (QED) is 0.896. The van der Waals surface area contributed by atoms with E-state index >= 15 is 0 Å². The average Bonchev–Trinajstić information content (AvgIpc) is 2.49. The van der Waals surface area contributed by atoms with Crippen LogP contribution in [0, 0.1) is 0 Å². The molecule has 0 radical (unpaired) electrons. The molecule has 110 valence electrons. The molecule has 0 aromatic carbocycles. The zero-order valence-corrected chi connectivity index (χ0v) is 12.6. The molecule has 1 aromatic heterocycles. The Balaban J connectivity index is 2.05. The lowest BCUT2D eigenvalue weighted by Gasteiger charge is -2.24. The van der Waals surface area contributed by atoms with E-state index in [-0.39, 0.29) is 5.91 Å². The number of pyridine rings is 1. The van der Waals surface area contributed by atoms with Crippen molar-refractivity contribution in [3.8, 4) is 0 Å². The molecule has 4 nitrogen and oxygen atoms in total. The third-order valence-corrected chi connectivity index (χ3v) is 4.01. The predicted octanol–water partition coefficient (Wildman–Crippen LogP) is 3.31. The van der Waals surface area contributed by atoms with E-state index in [1.54, 1.807) is 6.20 Å².